The maximum Gasteiger partial charge on any atom is 0.236 e. The monoisotopic (exact) mass is 498 g/mol. The molecule has 2 aliphatic rings. The average molecular weight is 499 g/mol. The molecule has 1 unspecified atom stereocenters. The third kappa shape index (κ3) is 5.56. The number of piperidine rings is 1. The van der Waals surface area contributed by atoms with Gasteiger partial charge >= 0.3 is 0 Å². The van der Waals surface area contributed by atoms with Crippen molar-refractivity contribution in [2.24, 2.45) is 11.8 Å². The molecule has 2 heterocycles. The highest BCUT2D eigenvalue weighted by Crippen LogP contribution is 2.40. The van der Waals surface area contributed by atoms with Crippen molar-refractivity contribution in [2.75, 3.05) is 19.6 Å². The van der Waals surface area contributed by atoms with E-state index in [4.69, 9.17) is 0 Å². The number of nitrogens with one attached hydrogen (secondary N) is 1. The van der Waals surface area contributed by atoms with Gasteiger partial charge in [-0.3, -0.25) is 9.00 Å². The average Bonchev–Trinajstić information content (AvgIpc) is 2.80. The number of amides is 1. The quantitative estimate of drug-likeness (QED) is 0.565. The Bertz CT molecular complexity index is 1100. The Morgan fingerprint density at radius 2 is 1.91 bits per heavy atom. The number of rotatable bonds is 6. The van der Waals surface area contributed by atoms with Crippen LogP contribution in [0.5, 0.6) is 11.5 Å². The van der Waals surface area contributed by atoms with E-state index in [1.54, 1.807) is 18.2 Å². The molecule has 6 nitrogen and oxygen atoms in total. The molecule has 0 saturated carbocycles. The van der Waals surface area contributed by atoms with Crippen molar-refractivity contribution in [1.82, 2.24) is 10.2 Å². The first-order valence-electron chi connectivity index (χ1n) is 12.6. The molecule has 1 saturated heterocycles. The Morgan fingerprint density at radius 3 is 2.60 bits per heavy atom. The summed E-state index contributed by atoms with van der Waals surface area (Å²) in [5.74, 6) is 1.26. The summed E-state index contributed by atoms with van der Waals surface area (Å²) in [6.07, 6.45) is 1.41. The Labute approximate surface area is 211 Å². The summed E-state index contributed by atoms with van der Waals surface area (Å²) >= 11 is 0. The van der Waals surface area contributed by atoms with Crippen LogP contribution >= 0.6 is 0 Å². The van der Waals surface area contributed by atoms with Crippen molar-refractivity contribution < 1.29 is 19.2 Å². The van der Waals surface area contributed by atoms with Crippen molar-refractivity contribution in [3.05, 3.63) is 59.2 Å². The van der Waals surface area contributed by atoms with Crippen LogP contribution in [0.15, 0.2) is 42.5 Å². The highest BCUT2D eigenvalue weighted by molar-refractivity contribution is 7.85. The highest BCUT2D eigenvalue weighted by atomic mass is 32.2. The van der Waals surface area contributed by atoms with Gasteiger partial charge in [0.1, 0.15) is 16.7 Å². The minimum atomic E-state index is -1.31. The zero-order valence-corrected chi connectivity index (χ0v) is 22.0. The Balaban J connectivity index is 1.40. The van der Waals surface area contributed by atoms with Gasteiger partial charge in [0.05, 0.1) is 0 Å². The highest BCUT2D eigenvalue weighted by Gasteiger charge is 2.39. The lowest BCUT2D eigenvalue weighted by Gasteiger charge is -2.46. The molecule has 1 fully saturated rings. The van der Waals surface area contributed by atoms with Crippen LogP contribution in [0, 0.1) is 11.8 Å². The van der Waals surface area contributed by atoms with Crippen LogP contribution in [0.2, 0.25) is 0 Å². The molecule has 0 radical (unpaired) electrons. The molecule has 190 valence electrons. The van der Waals surface area contributed by atoms with Gasteiger partial charge in [-0.1, -0.05) is 45.9 Å². The number of benzene rings is 2. The van der Waals surface area contributed by atoms with Crippen LogP contribution in [0.1, 0.15) is 50.8 Å². The number of aromatic hydroxyl groups is 2. The summed E-state index contributed by atoms with van der Waals surface area (Å²) in [6, 6.07) is 12.7. The molecule has 2 aromatic rings. The topological polar surface area (TPSA) is 89.9 Å². The molecular weight excluding hydrogens is 460 g/mol. The molecule has 2 aromatic carbocycles. The largest absolute Gasteiger partial charge is 0.508 e. The summed E-state index contributed by atoms with van der Waals surface area (Å²) in [6.45, 7) is 11.4. The normalized spacial score (nSPS) is 27.9. The van der Waals surface area contributed by atoms with Gasteiger partial charge in [0.25, 0.3) is 0 Å². The van der Waals surface area contributed by atoms with E-state index in [-0.39, 0.29) is 29.0 Å². The second kappa shape index (κ2) is 10.3. The van der Waals surface area contributed by atoms with Gasteiger partial charge in [-0.15, -0.1) is 0 Å². The van der Waals surface area contributed by atoms with E-state index in [2.05, 4.69) is 44.0 Å². The molecule has 4 rings (SSSR count). The first kappa shape index (κ1) is 25.7. The fourth-order valence-corrected chi connectivity index (χ4v) is 6.90. The lowest BCUT2D eigenvalue weighted by atomic mass is 9.68. The van der Waals surface area contributed by atoms with E-state index in [0.29, 0.717) is 23.8 Å². The van der Waals surface area contributed by atoms with Gasteiger partial charge < -0.3 is 20.4 Å². The number of carbonyl (C=O) groups is 1. The van der Waals surface area contributed by atoms with Crippen molar-refractivity contribution in [3.63, 3.8) is 0 Å². The summed E-state index contributed by atoms with van der Waals surface area (Å²) in [5, 5.41) is 22.3. The number of carbonyl (C=O) groups excluding carboxylic acids is 1. The molecule has 5 atom stereocenters. The molecule has 0 bridgehead atoms. The molecule has 2 aliphatic heterocycles. The molecule has 35 heavy (non-hydrogen) atoms. The lowest BCUT2D eigenvalue weighted by molar-refractivity contribution is -0.121. The van der Waals surface area contributed by atoms with Crippen LogP contribution in [-0.2, 0) is 33.2 Å². The third-order valence-corrected chi connectivity index (χ3v) is 9.77. The Morgan fingerprint density at radius 1 is 1.17 bits per heavy atom. The maximum absolute atomic E-state index is 13.2. The van der Waals surface area contributed by atoms with E-state index in [1.807, 2.05) is 18.2 Å². The van der Waals surface area contributed by atoms with E-state index >= 15 is 0 Å². The maximum atomic E-state index is 13.2. The first-order valence-corrected chi connectivity index (χ1v) is 13.9. The van der Waals surface area contributed by atoms with E-state index in [0.717, 1.165) is 37.2 Å². The van der Waals surface area contributed by atoms with Gasteiger partial charge in [0.15, 0.2) is 0 Å². The first-order chi connectivity index (χ1) is 16.6. The fraction of sp³-hybridized carbons (Fsp3) is 0.536. The van der Waals surface area contributed by atoms with Crippen molar-refractivity contribution in [3.8, 4) is 11.5 Å². The van der Waals surface area contributed by atoms with Gasteiger partial charge in [0.2, 0.25) is 5.91 Å². The minimum Gasteiger partial charge on any atom is -0.508 e. The fourth-order valence-electron chi connectivity index (χ4n) is 5.45. The van der Waals surface area contributed by atoms with Crippen LogP contribution in [0.25, 0.3) is 0 Å². The summed E-state index contributed by atoms with van der Waals surface area (Å²) in [4.78, 5) is 15.7. The smallest absolute Gasteiger partial charge is 0.236 e. The molecule has 7 heteroatoms. The minimum absolute atomic E-state index is 0.00730. The Hall–Kier alpha value is -2.38. The summed E-state index contributed by atoms with van der Waals surface area (Å²) < 4.78 is 12.9. The predicted octanol–water partition coefficient (Wildman–Crippen LogP) is 3.71. The number of fused-ring (bicyclic) bond motifs is 1. The predicted molar refractivity (Wildman–Crippen MR) is 140 cm³/mol. The van der Waals surface area contributed by atoms with Crippen molar-refractivity contribution >= 4 is 16.7 Å². The summed E-state index contributed by atoms with van der Waals surface area (Å²) in [7, 11) is -1.31. The van der Waals surface area contributed by atoms with E-state index < -0.39 is 16.0 Å². The van der Waals surface area contributed by atoms with Gasteiger partial charge in [-0.05, 0) is 77.6 Å². The molecule has 3 N–H and O–H groups in total. The number of hydrogen-bond acceptors (Lipinski definition) is 5. The number of likely N-dealkylation sites (tertiary alicyclic amines) is 1. The molecule has 0 aromatic heterocycles. The number of hydrogen-bond donors (Lipinski definition) is 3. The van der Waals surface area contributed by atoms with Gasteiger partial charge in [-0.2, -0.15) is 0 Å². The van der Waals surface area contributed by atoms with Crippen LogP contribution in [-0.4, -0.2) is 56.2 Å². The third-order valence-electron chi connectivity index (χ3n) is 8.16. The SMILES string of the molecule is CC(C)[C@@H](CN1CC[C@@](C)(c2cccc(O)c2)[C@@H](C)C1)NC(=O)[C@H]1Cc2ccc(O)cc2CS1=O. The van der Waals surface area contributed by atoms with Crippen molar-refractivity contribution in [1.29, 1.82) is 0 Å². The number of phenols is 2. The summed E-state index contributed by atoms with van der Waals surface area (Å²) in [5.41, 5.74) is 3.02. The number of nitrogens with zero attached hydrogens (tertiary/aromatic N) is 1. The molecule has 0 aliphatic carbocycles. The second-order valence-corrected chi connectivity index (χ2v) is 12.5. The lowest BCUT2D eigenvalue weighted by Crippen LogP contribution is -2.55. The van der Waals surface area contributed by atoms with Gasteiger partial charge in [0, 0.05) is 35.7 Å². The van der Waals surface area contributed by atoms with Gasteiger partial charge in [-0.25, -0.2) is 0 Å². The van der Waals surface area contributed by atoms with E-state index in [9.17, 15) is 19.2 Å². The zero-order chi connectivity index (χ0) is 25.3. The van der Waals surface area contributed by atoms with Crippen molar-refractivity contribution in [2.45, 2.75) is 63.0 Å². The second-order valence-electron chi connectivity index (χ2n) is 10.9. The van der Waals surface area contributed by atoms with Crippen LogP contribution in [0.3, 0.4) is 0 Å². The number of phenolic OH excluding ortho intramolecular Hbond substituents is 2. The standard InChI is InChI=1S/C28H38N2O4S/c1-18(2)25(29-27(33)26-13-20-8-9-24(32)12-21(20)17-35(26)34)16-30-11-10-28(4,19(3)15-30)22-6-5-7-23(31)14-22/h5-9,12,14,18-19,25-26,31-32H,10-11,13,15-17H2,1-4H3,(H,29,33)/t19-,25+,26+,28+,35?/m0/s1. The molecule has 0 spiro atoms. The van der Waals surface area contributed by atoms with Crippen LogP contribution in [0.4, 0.5) is 0 Å². The molecule has 1 amide bonds. The van der Waals surface area contributed by atoms with Crippen LogP contribution < -0.4 is 5.32 Å². The zero-order valence-electron chi connectivity index (χ0n) is 21.2. The Kier molecular flexibility index (Phi) is 7.57. The van der Waals surface area contributed by atoms with E-state index in [1.165, 1.54) is 5.56 Å². The molecular formula is C28H38N2O4S.